The molecular formula is C16H21IO5. The maximum Gasteiger partial charge on any atom is 0.306 e. The third-order valence-electron chi connectivity index (χ3n) is 3.32. The molecule has 1 aliphatic heterocycles. The molecule has 22 heavy (non-hydrogen) atoms. The van der Waals surface area contributed by atoms with Gasteiger partial charge in [-0.05, 0) is 41.5 Å². The predicted molar refractivity (Wildman–Crippen MR) is 90.2 cm³/mol. The molecule has 1 fully saturated rings. The Balaban J connectivity index is 2.24. The zero-order valence-electron chi connectivity index (χ0n) is 12.6. The molecule has 2 rings (SSSR count). The monoisotopic (exact) mass is 420 g/mol. The van der Waals surface area contributed by atoms with Crippen LogP contribution in [-0.4, -0.2) is 30.9 Å². The number of carbonyl (C=O) groups is 1. The van der Waals surface area contributed by atoms with Gasteiger partial charge in [-0.3, -0.25) is 4.79 Å². The molecule has 1 heterocycles. The van der Waals surface area contributed by atoms with E-state index < -0.39 is 0 Å². The third kappa shape index (κ3) is 4.49. The van der Waals surface area contributed by atoms with Crippen LogP contribution in [0.4, 0.5) is 0 Å². The van der Waals surface area contributed by atoms with Crippen molar-refractivity contribution >= 4 is 28.6 Å². The van der Waals surface area contributed by atoms with E-state index in [-0.39, 0.29) is 18.7 Å². The van der Waals surface area contributed by atoms with Gasteiger partial charge in [0.1, 0.15) is 17.6 Å². The lowest BCUT2D eigenvalue weighted by atomic mass is 10.1. The lowest BCUT2D eigenvalue weighted by Gasteiger charge is -2.18. The molecule has 122 valence electrons. The lowest BCUT2D eigenvalue weighted by Crippen LogP contribution is -2.07. The van der Waals surface area contributed by atoms with Crippen molar-refractivity contribution in [2.45, 2.75) is 38.7 Å². The molecule has 1 atom stereocenters. The molecule has 1 aromatic rings. The van der Waals surface area contributed by atoms with Crippen LogP contribution in [0.3, 0.4) is 0 Å². The van der Waals surface area contributed by atoms with E-state index in [1.807, 2.05) is 12.1 Å². The number of aliphatic hydroxyl groups is 1. The predicted octanol–water partition coefficient (Wildman–Crippen LogP) is 3.22. The Morgan fingerprint density at radius 3 is 2.73 bits per heavy atom. The number of ether oxygens (including phenoxy) is 3. The molecule has 1 aromatic carbocycles. The fourth-order valence-electron chi connectivity index (χ4n) is 2.24. The molecule has 0 spiro atoms. The van der Waals surface area contributed by atoms with E-state index in [4.69, 9.17) is 19.3 Å². The Morgan fingerprint density at radius 2 is 2.09 bits per heavy atom. The van der Waals surface area contributed by atoms with Gasteiger partial charge in [0.2, 0.25) is 0 Å². The molecule has 0 aromatic heterocycles. The Morgan fingerprint density at radius 1 is 1.32 bits per heavy atom. The summed E-state index contributed by atoms with van der Waals surface area (Å²) in [4.78, 5) is 11.4. The standard InChI is InChI=1S/C16H21IO5/c1-2-7-20-15-10-14(21-8-3-6-18)11(9-12(15)17)13-4-5-16(19)22-13/h9-10,13,18H,2-8H2,1H3. The summed E-state index contributed by atoms with van der Waals surface area (Å²) in [5.41, 5.74) is 0.872. The number of aliphatic hydroxyl groups excluding tert-OH is 1. The summed E-state index contributed by atoms with van der Waals surface area (Å²) in [5.74, 6) is 1.27. The summed E-state index contributed by atoms with van der Waals surface area (Å²) in [6.45, 7) is 3.19. The van der Waals surface area contributed by atoms with Crippen LogP contribution in [0.2, 0.25) is 0 Å². The fraction of sp³-hybridized carbons (Fsp3) is 0.562. The molecule has 0 bridgehead atoms. The number of hydrogen-bond acceptors (Lipinski definition) is 5. The van der Waals surface area contributed by atoms with Crippen molar-refractivity contribution in [2.75, 3.05) is 19.8 Å². The summed E-state index contributed by atoms with van der Waals surface area (Å²) >= 11 is 2.22. The molecule has 0 saturated carbocycles. The molecule has 1 aliphatic rings. The van der Waals surface area contributed by atoms with Crippen LogP contribution in [0, 0.1) is 3.57 Å². The van der Waals surface area contributed by atoms with Crippen molar-refractivity contribution in [3.63, 3.8) is 0 Å². The quantitative estimate of drug-likeness (QED) is 0.398. The summed E-state index contributed by atoms with van der Waals surface area (Å²) < 4.78 is 17.8. The smallest absolute Gasteiger partial charge is 0.306 e. The minimum Gasteiger partial charge on any atom is -0.493 e. The third-order valence-corrected chi connectivity index (χ3v) is 4.16. The van der Waals surface area contributed by atoms with E-state index >= 15 is 0 Å². The molecule has 0 amide bonds. The highest BCUT2D eigenvalue weighted by Crippen LogP contribution is 2.39. The first kappa shape index (κ1) is 17.3. The van der Waals surface area contributed by atoms with Crippen LogP contribution in [-0.2, 0) is 9.53 Å². The van der Waals surface area contributed by atoms with Gasteiger partial charge in [0.15, 0.2) is 0 Å². The summed E-state index contributed by atoms with van der Waals surface area (Å²) in [6, 6.07) is 3.82. The largest absolute Gasteiger partial charge is 0.493 e. The molecule has 5 nitrogen and oxygen atoms in total. The minimum atomic E-state index is -0.259. The van der Waals surface area contributed by atoms with Gasteiger partial charge >= 0.3 is 5.97 Å². The van der Waals surface area contributed by atoms with Gasteiger partial charge < -0.3 is 19.3 Å². The zero-order chi connectivity index (χ0) is 15.9. The van der Waals surface area contributed by atoms with Crippen LogP contribution in [0.25, 0.3) is 0 Å². The molecule has 0 aliphatic carbocycles. The second-order valence-electron chi connectivity index (χ2n) is 5.11. The zero-order valence-corrected chi connectivity index (χ0v) is 14.8. The molecular weight excluding hydrogens is 399 g/mol. The van der Waals surface area contributed by atoms with E-state index in [2.05, 4.69) is 29.5 Å². The van der Waals surface area contributed by atoms with Gasteiger partial charge in [-0.2, -0.15) is 0 Å². The van der Waals surface area contributed by atoms with Crippen molar-refractivity contribution in [2.24, 2.45) is 0 Å². The van der Waals surface area contributed by atoms with Crippen molar-refractivity contribution in [3.05, 3.63) is 21.3 Å². The average molecular weight is 420 g/mol. The molecule has 6 heteroatoms. The Labute approximate surface area is 144 Å². The van der Waals surface area contributed by atoms with Crippen LogP contribution in [0.5, 0.6) is 11.5 Å². The van der Waals surface area contributed by atoms with E-state index in [0.717, 1.165) is 21.3 Å². The summed E-state index contributed by atoms with van der Waals surface area (Å²) in [5, 5.41) is 8.90. The topological polar surface area (TPSA) is 65.0 Å². The van der Waals surface area contributed by atoms with Gasteiger partial charge in [0.05, 0.1) is 16.8 Å². The van der Waals surface area contributed by atoms with Crippen molar-refractivity contribution < 1.29 is 24.1 Å². The van der Waals surface area contributed by atoms with Crippen LogP contribution >= 0.6 is 22.6 Å². The number of rotatable bonds is 8. The molecule has 1 unspecified atom stereocenters. The van der Waals surface area contributed by atoms with Gasteiger partial charge in [-0.15, -0.1) is 0 Å². The second-order valence-corrected chi connectivity index (χ2v) is 6.27. The normalized spacial score (nSPS) is 17.4. The van der Waals surface area contributed by atoms with Crippen LogP contribution in [0.1, 0.15) is 44.3 Å². The van der Waals surface area contributed by atoms with Gasteiger partial charge in [0, 0.05) is 31.1 Å². The lowest BCUT2D eigenvalue weighted by molar-refractivity contribution is -0.141. The molecule has 1 N–H and O–H groups in total. The average Bonchev–Trinajstić information content (AvgIpc) is 2.93. The second kappa shape index (κ2) is 8.57. The molecule has 1 saturated heterocycles. The molecule has 0 radical (unpaired) electrons. The van der Waals surface area contributed by atoms with E-state index in [0.29, 0.717) is 38.2 Å². The highest BCUT2D eigenvalue weighted by molar-refractivity contribution is 14.1. The number of cyclic esters (lactones) is 1. The Kier molecular flexibility index (Phi) is 6.75. The summed E-state index contributed by atoms with van der Waals surface area (Å²) in [7, 11) is 0. The minimum absolute atomic E-state index is 0.0807. The van der Waals surface area contributed by atoms with Crippen molar-refractivity contribution in [1.82, 2.24) is 0 Å². The maximum atomic E-state index is 11.4. The van der Waals surface area contributed by atoms with E-state index in [1.54, 1.807) is 0 Å². The maximum absolute atomic E-state index is 11.4. The number of carbonyl (C=O) groups excluding carboxylic acids is 1. The fourth-order valence-corrected chi connectivity index (χ4v) is 2.89. The number of benzene rings is 1. The van der Waals surface area contributed by atoms with Gasteiger partial charge in [-0.1, -0.05) is 6.92 Å². The highest BCUT2D eigenvalue weighted by Gasteiger charge is 2.28. The van der Waals surface area contributed by atoms with E-state index in [9.17, 15) is 4.79 Å². The summed E-state index contributed by atoms with van der Waals surface area (Å²) in [6.07, 6.45) is 2.33. The first-order valence-electron chi connectivity index (χ1n) is 7.55. The van der Waals surface area contributed by atoms with Crippen molar-refractivity contribution in [3.8, 4) is 11.5 Å². The Hall–Kier alpha value is -1.02. The number of halogens is 1. The number of esters is 1. The van der Waals surface area contributed by atoms with Gasteiger partial charge in [0.25, 0.3) is 0 Å². The highest BCUT2D eigenvalue weighted by atomic mass is 127. The van der Waals surface area contributed by atoms with Crippen molar-refractivity contribution in [1.29, 1.82) is 0 Å². The first-order chi connectivity index (χ1) is 10.7. The van der Waals surface area contributed by atoms with Crippen LogP contribution in [0.15, 0.2) is 12.1 Å². The first-order valence-corrected chi connectivity index (χ1v) is 8.63. The van der Waals surface area contributed by atoms with E-state index in [1.165, 1.54) is 0 Å². The SMILES string of the molecule is CCCOc1cc(OCCCO)c(C2CCC(=O)O2)cc1I. The number of hydrogen-bond donors (Lipinski definition) is 1. The van der Waals surface area contributed by atoms with Gasteiger partial charge in [-0.25, -0.2) is 0 Å². The van der Waals surface area contributed by atoms with Crippen LogP contribution < -0.4 is 9.47 Å². The Bertz CT molecular complexity index is 518.